The molecule has 0 aliphatic carbocycles. The summed E-state index contributed by atoms with van der Waals surface area (Å²) in [5, 5.41) is 14.3. The van der Waals surface area contributed by atoms with Crippen LogP contribution < -0.4 is 10.0 Å². The Bertz CT molecular complexity index is 609. The van der Waals surface area contributed by atoms with E-state index in [1.807, 2.05) is 32.0 Å². The Kier molecular flexibility index (Phi) is 4.58. The molecule has 21 heavy (non-hydrogen) atoms. The normalized spacial score (nSPS) is 11.1. The summed E-state index contributed by atoms with van der Waals surface area (Å²) in [7, 11) is 0. The lowest BCUT2D eigenvalue weighted by Crippen LogP contribution is -2.37. The monoisotopic (exact) mass is 284 g/mol. The van der Waals surface area contributed by atoms with Gasteiger partial charge in [-0.2, -0.15) is 0 Å². The molecule has 1 N–H and O–H groups in total. The molecular weight excluding hydrogens is 264 g/mol. The summed E-state index contributed by atoms with van der Waals surface area (Å²) in [4.78, 5) is 12.3. The number of carbonyl (C=O) groups excluding carboxylic acids is 1. The number of hydrogen-bond donors (Lipinski definition) is 1. The molecular formula is C17H20N2O2. The molecule has 2 rings (SSSR count). The van der Waals surface area contributed by atoms with E-state index in [9.17, 15) is 10.0 Å². The topological polar surface area (TPSA) is 56.0 Å². The Morgan fingerprint density at radius 1 is 1.14 bits per heavy atom. The van der Waals surface area contributed by atoms with E-state index in [2.05, 4.69) is 17.4 Å². The van der Waals surface area contributed by atoms with Crippen LogP contribution in [-0.4, -0.2) is 5.91 Å². The Balaban J connectivity index is 1.98. The molecule has 0 spiro atoms. The third-order valence-corrected chi connectivity index (χ3v) is 3.56. The van der Waals surface area contributed by atoms with Crippen molar-refractivity contribution in [1.82, 2.24) is 0 Å². The van der Waals surface area contributed by atoms with E-state index < -0.39 is 5.41 Å². The Labute approximate surface area is 125 Å². The van der Waals surface area contributed by atoms with Crippen LogP contribution >= 0.6 is 0 Å². The zero-order chi connectivity index (χ0) is 15.3. The maximum atomic E-state index is 12.3. The van der Waals surface area contributed by atoms with Gasteiger partial charge in [0.1, 0.15) is 0 Å². The number of nitrogens with zero attached hydrogens (tertiary/aromatic N) is 1. The summed E-state index contributed by atoms with van der Waals surface area (Å²) in [6.07, 6.45) is 2.91. The van der Waals surface area contributed by atoms with Crippen LogP contribution in [0.1, 0.15) is 25.8 Å². The molecule has 0 fully saturated rings. The number of anilines is 1. The molecule has 0 aliphatic heterocycles. The zero-order valence-electron chi connectivity index (χ0n) is 12.4. The minimum atomic E-state index is -0.543. The fourth-order valence-electron chi connectivity index (χ4n) is 2.03. The molecule has 0 radical (unpaired) electrons. The van der Waals surface area contributed by atoms with Crippen molar-refractivity contribution < 1.29 is 9.52 Å². The molecule has 1 aromatic carbocycles. The zero-order valence-corrected chi connectivity index (χ0v) is 12.4. The molecule has 1 aromatic heterocycles. The molecule has 4 heteroatoms. The summed E-state index contributed by atoms with van der Waals surface area (Å²) < 4.78 is 0.658. The van der Waals surface area contributed by atoms with Crippen LogP contribution in [0.25, 0.3) is 0 Å². The van der Waals surface area contributed by atoms with Gasteiger partial charge in [-0.3, -0.25) is 0 Å². The molecule has 1 heterocycles. The van der Waals surface area contributed by atoms with Gasteiger partial charge < -0.3 is 5.21 Å². The molecule has 2 aromatic rings. The van der Waals surface area contributed by atoms with Crippen molar-refractivity contribution in [3.05, 3.63) is 65.5 Å². The van der Waals surface area contributed by atoms with Crippen molar-refractivity contribution in [1.29, 1.82) is 0 Å². The first-order chi connectivity index (χ1) is 9.99. The SMILES string of the molecule is CC(C)(CCc1ccccc1)C(=O)Nc1cccc[n+]1[O-]. The highest BCUT2D eigenvalue weighted by Crippen LogP contribution is 2.24. The first-order valence-electron chi connectivity index (χ1n) is 7.02. The summed E-state index contributed by atoms with van der Waals surface area (Å²) >= 11 is 0. The number of amides is 1. The second kappa shape index (κ2) is 6.39. The highest BCUT2D eigenvalue weighted by Gasteiger charge is 2.31. The number of aryl methyl sites for hydroxylation is 1. The average molecular weight is 284 g/mol. The lowest BCUT2D eigenvalue weighted by atomic mass is 9.85. The Morgan fingerprint density at radius 2 is 1.81 bits per heavy atom. The predicted molar refractivity (Wildman–Crippen MR) is 82.6 cm³/mol. The maximum absolute atomic E-state index is 12.3. The van der Waals surface area contributed by atoms with Crippen LogP contribution in [0.3, 0.4) is 0 Å². The van der Waals surface area contributed by atoms with Crippen LogP contribution in [0.15, 0.2) is 54.7 Å². The number of pyridine rings is 1. The second-order valence-corrected chi connectivity index (χ2v) is 5.74. The van der Waals surface area contributed by atoms with Gasteiger partial charge in [0.25, 0.3) is 5.82 Å². The first-order valence-corrected chi connectivity index (χ1v) is 7.02. The fraction of sp³-hybridized carbons (Fsp3) is 0.294. The second-order valence-electron chi connectivity index (χ2n) is 5.74. The largest absolute Gasteiger partial charge is 0.711 e. The van der Waals surface area contributed by atoms with Gasteiger partial charge in [0.2, 0.25) is 0 Å². The number of nitrogens with one attached hydrogen (secondary N) is 1. The van der Waals surface area contributed by atoms with Crippen molar-refractivity contribution in [2.75, 3.05) is 5.32 Å². The lowest BCUT2D eigenvalue weighted by molar-refractivity contribution is -0.590. The third kappa shape index (κ3) is 4.05. The van der Waals surface area contributed by atoms with Gasteiger partial charge in [-0.15, -0.1) is 0 Å². The van der Waals surface area contributed by atoms with Crippen molar-refractivity contribution in [2.24, 2.45) is 5.41 Å². The molecule has 1 amide bonds. The van der Waals surface area contributed by atoms with Gasteiger partial charge in [-0.05, 0) is 38.3 Å². The van der Waals surface area contributed by atoms with Gasteiger partial charge in [0.05, 0.1) is 11.6 Å². The van der Waals surface area contributed by atoms with E-state index in [0.29, 0.717) is 11.2 Å². The first kappa shape index (κ1) is 15.0. The van der Waals surface area contributed by atoms with E-state index in [4.69, 9.17) is 0 Å². The van der Waals surface area contributed by atoms with Crippen molar-refractivity contribution in [2.45, 2.75) is 26.7 Å². The number of aromatic nitrogens is 1. The fourth-order valence-corrected chi connectivity index (χ4v) is 2.03. The highest BCUT2D eigenvalue weighted by atomic mass is 16.5. The van der Waals surface area contributed by atoms with E-state index >= 15 is 0 Å². The number of rotatable bonds is 5. The van der Waals surface area contributed by atoms with E-state index in [1.165, 1.54) is 11.8 Å². The maximum Gasteiger partial charge on any atom is 0.313 e. The molecule has 0 aliphatic rings. The third-order valence-electron chi connectivity index (χ3n) is 3.56. The van der Waals surface area contributed by atoms with Crippen molar-refractivity contribution in [3.8, 4) is 0 Å². The minimum Gasteiger partial charge on any atom is -0.711 e. The molecule has 0 unspecified atom stereocenters. The van der Waals surface area contributed by atoms with Crippen LogP contribution in [0.4, 0.5) is 5.82 Å². The molecule has 4 nitrogen and oxygen atoms in total. The molecule has 0 saturated heterocycles. The van der Waals surface area contributed by atoms with Gasteiger partial charge in [-0.1, -0.05) is 36.4 Å². The smallest absolute Gasteiger partial charge is 0.313 e. The standard InChI is InChI=1S/C17H20N2O2/c1-17(2,12-11-14-8-4-3-5-9-14)16(20)18-15-10-6-7-13-19(15)21/h3-10,13H,11-12H2,1-2H3,(H,18,20). The lowest BCUT2D eigenvalue weighted by Gasteiger charge is -2.21. The molecule has 110 valence electrons. The van der Waals surface area contributed by atoms with E-state index in [0.717, 1.165) is 6.42 Å². The highest BCUT2D eigenvalue weighted by molar-refractivity contribution is 5.93. The minimum absolute atomic E-state index is 0.144. The van der Waals surface area contributed by atoms with Crippen LogP contribution in [-0.2, 0) is 11.2 Å². The van der Waals surface area contributed by atoms with Crippen molar-refractivity contribution >= 4 is 11.7 Å². The predicted octanol–water partition coefficient (Wildman–Crippen LogP) is 2.92. The summed E-state index contributed by atoms with van der Waals surface area (Å²) in [5.74, 6) is 0.115. The van der Waals surface area contributed by atoms with Crippen molar-refractivity contribution in [3.63, 3.8) is 0 Å². The molecule has 0 saturated carbocycles. The van der Waals surface area contributed by atoms with Crippen LogP contribution in [0.5, 0.6) is 0 Å². The molecule has 0 bridgehead atoms. The number of hydrogen-bond acceptors (Lipinski definition) is 2. The number of carbonyl (C=O) groups is 1. The van der Waals surface area contributed by atoms with Gasteiger partial charge in [0.15, 0.2) is 0 Å². The summed E-state index contributed by atoms with van der Waals surface area (Å²) in [6.45, 7) is 3.78. The summed E-state index contributed by atoms with van der Waals surface area (Å²) in [6, 6.07) is 15.0. The van der Waals surface area contributed by atoms with E-state index in [-0.39, 0.29) is 11.7 Å². The Hall–Kier alpha value is -2.36. The summed E-state index contributed by atoms with van der Waals surface area (Å²) in [5.41, 5.74) is 0.663. The van der Waals surface area contributed by atoms with Gasteiger partial charge in [-0.25, -0.2) is 14.8 Å². The Morgan fingerprint density at radius 3 is 2.48 bits per heavy atom. The van der Waals surface area contributed by atoms with Gasteiger partial charge >= 0.3 is 5.91 Å². The van der Waals surface area contributed by atoms with Gasteiger partial charge in [0, 0.05) is 6.07 Å². The van der Waals surface area contributed by atoms with E-state index in [1.54, 1.807) is 18.2 Å². The quantitative estimate of drug-likeness (QED) is 0.678. The average Bonchev–Trinajstić information content (AvgIpc) is 2.48. The van der Waals surface area contributed by atoms with Crippen LogP contribution in [0.2, 0.25) is 0 Å². The molecule has 0 atom stereocenters. The number of benzene rings is 1. The van der Waals surface area contributed by atoms with Crippen LogP contribution in [0, 0.1) is 10.6 Å².